The predicted molar refractivity (Wildman–Crippen MR) is 123 cm³/mol. The fourth-order valence-corrected chi connectivity index (χ4v) is 4.94. The van der Waals surface area contributed by atoms with Crippen LogP contribution in [0.5, 0.6) is 5.75 Å². The molecule has 0 bridgehead atoms. The molecule has 1 amide bonds. The molecule has 32 heavy (non-hydrogen) atoms. The van der Waals surface area contributed by atoms with Crippen molar-refractivity contribution in [1.29, 1.82) is 0 Å². The van der Waals surface area contributed by atoms with Crippen LogP contribution >= 0.6 is 0 Å². The smallest absolute Gasteiger partial charge is 0.408 e. The Bertz CT molecular complexity index is 738. The van der Waals surface area contributed by atoms with Gasteiger partial charge in [0.1, 0.15) is 29.6 Å². The molecule has 2 aliphatic rings. The molecule has 2 fully saturated rings. The number of benzene rings is 1. The van der Waals surface area contributed by atoms with Crippen molar-refractivity contribution in [2.24, 2.45) is 11.8 Å². The fourth-order valence-electron chi connectivity index (χ4n) is 4.94. The molecule has 1 aromatic rings. The number of cyclic esters (lactones) is 1. The monoisotopic (exact) mass is 445 g/mol. The van der Waals surface area contributed by atoms with Gasteiger partial charge in [-0.05, 0) is 70.9 Å². The van der Waals surface area contributed by atoms with Gasteiger partial charge in [-0.1, -0.05) is 50.3 Å². The van der Waals surface area contributed by atoms with E-state index in [0.29, 0.717) is 18.3 Å². The summed E-state index contributed by atoms with van der Waals surface area (Å²) < 4.78 is 17.6. The Labute approximate surface area is 192 Å². The van der Waals surface area contributed by atoms with Crippen molar-refractivity contribution in [3.63, 3.8) is 0 Å². The van der Waals surface area contributed by atoms with Crippen LogP contribution in [0.3, 0.4) is 0 Å². The van der Waals surface area contributed by atoms with Gasteiger partial charge in [-0.3, -0.25) is 0 Å². The summed E-state index contributed by atoms with van der Waals surface area (Å²) in [4.78, 5) is 25.2. The Morgan fingerprint density at radius 2 is 1.75 bits per heavy atom. The summed E-state index contributed by atoms with van der Waals surface area (Å²) >= 11 is 0. The van der Waals surface area contributed by atoms with E-state index in [1.54, 1.807) is 20.8 Å². The molecule has 3 rings (SSSR count). The average Bonchev–Trinajstić information content (AvgIpc) is 3.23. The van der Waals surface area contributed by atoms with E-state index in [1.165, 1.54) is 25.7 Å². The van der Waals surface area contributed by atoms with E-state index in [-0.39, 0.29) is 6.10 Å². The van der Waals surface area contributed by atoms with Crippen LogP contribution in [0.1, 0.15) is 79.1 Å². The molecule has 4 atom stereocenters. The summed E-state index contributed by atoms with van der Waals surface area (Å²) in [7, 11) is 0. The number of alkyl carbamates (subject to hydrolysis) is 1. The van der Waals surface area contributed by atoms with Gasteiger partial charge in [0, 0.05) is 0 Å². The summed E-state index contributed by atoms with van der Waals surface area (Å²) in [6.07, 6.45) is 7.27. The molecule has 1 aliphatic heterocycles. The number of hydrogen-bond acceptors (Lipinski definition) is 5. The molecule has 1 aromatic carbocycles. The van der Waals surface area contributed by atoms with Gasteiger partial charge in [0.25, 0.3) is 0 Å². The minimum Gasteiger partial charge on any atom is -0.486 e. The summed E-state index contributed by atoms with van der Waals surface area (Å²) in [5.41, 5.74) is -0.624. The average molecular weight is 446 g/mol. The van der Waals surface area contributed by atoms with Gasteiger partial charge in [-0.25, -0.2) is 9.59 Å². The number of nitrogens with one attached hydrogen (secondary N) is 1. The minimum absolute atomic E-state index is 0.220. The molecule has 1 heterocycles. The Morgan fingerprint density at radius 1 is 1.06 bits per heavy atom. The summed E-state index contributed by atoms with van der Waals surface area (Å²) in [5.74, 6) is 1.37. The molecule has 6 nitrogen and oxygen atoms in total. The number of rotatable bonds is 5. The second-order valence-corrected chi connectivity index (χ2v) is 10.3. The van der Waals surface area contributed by atoms with Gasteiger partial charge in [0.05, 0.1) is 0 Å². The number of ether oxygens (including phenoxy) is 3. The molecule has 0 radical (unpaired) electrons. The van der Waals surface area contributed by atoms with Gasteiger partial charge < -0.3 is 19.5 Å². The SMILES string of the molecule is C[C@@H]1OC(=O)[C@@H](NC(=O)OC(C)(C)C)CCC[C@H](CC2CCCC2)[C@H]1Oc1ccccc1. The van der Waals surface area contributed by atoms with Crippen LogP contribution < -0.4 is 10.1 Å². The molecular weight excluding hydrogens is 406 g/mol. The van der Waals surface area contributed by atoms with E-state index >= 15 is 0 Å². The van der Waals surface area contributed by atoms with Crippen molar-refractivity contribution in [3.05, 3.63) is 30.3 Å². The molecule has 1 aliphatic carbocycles. The normalized spacial score (nSPS) is 27.6. The van der Waals surface area contributed by atoms with Crippen LogP contribution in [0.4, 0.5) is 4.79 Å². The van der Waals surface area contributed by atoms with Crippen molar-refractivity contribution in [1.82, 2.24) is 5.32 Å². The maximum absolute atomic E-state index is 12.9. The number of carbonyl (C=O) groups excluding carboxylic acids is 2. The Kier molecular flexibility index (Phi) is 8.44. The third kappa shape index (κ3) is 7.42. The number of para-hydroxylation sites is 1. The maximum atomic E-state index is 12.9. The highest BCUT2D eigenvalue weighted by Gasteiger charge is 2.37. The topological polar surface area (TPSA) is 73.9 Å². The van der Waals surface area contributed by atoms with Gasteiger partial charge in [0.2, 0.25) is 0 Å². The van der Waals surface area contributed by atoms with E-state index < -0.39 is 29.8 Å². The molecular formula is C26H39NO5. The second kappa shape index (κ2) is 11.1. The zero-order valence-electron chi connectivity index (χ0n) is 20.0. The molecule has 6 heteroatoms. The van der Waals surface area contributed by atoms with Crippen molar-refractivity contribution in [2.45, 2.75) is 103 Å². The summed E-state index contributed by atoms with van der Waals surface area (Å²) in [6, 6.07) is 9.04. The third-order valence-corrected chi connectivity index (χ3v) is 6.40. The van der Waals surface area contributed by atoms with Gasteiger partial charge >= 0.3 is 12.1 Å². The first-order valence-corrected chi connectivity index (χ1v) is 12.1. The molecule has 0 unspecified atom stereocenters. The van der Waals surface area contributed by atoms with Crippen LogP contribution in [-0.4, -0.2) is 35.9 Å². The lowest BCUT2D eigenvalue weighted by molar-refractivity contribution is -0.156. The highest BCUT2D eigenvalue weighted by molar-refractivity contribution is 5.81. The number of hydrogen-bond donors (Lipinski definition) is 1. The fraction of sp³-hybridized carbons (Fsp3) is 0.692. The number of esters is 1. The predicted octanol–water partition coefficient (Wildman–Crippen LogP) is 5.64. The van der Waals surface area contributed by atoms with E-state index in [2.05, 4.69) is 5.32 Å². The Balaban J connectivity index is 1.74. The lowest BCUT2D eigenvalue weighted by Gasteiger charge is -2.33. The largest absolute Gasteiger partial charge is 0.486 e. The van der Waals surface area contributed by atoms with Crippen LogP contribution in [-0.2, 0) is 14.3 Å². The summed E-state index contributed by atoms with van der Waals surface area (Å²) in [5, 5.41) is 2.72. The third-order valence-electron chi connectivity index (χ3n) is 6.40. The maximum Gasteiger partial charge on any atom is 0.408 e. The van der Waals surface area contributed by atoms with Crippen LogP contribution in [0.25, 0.3) is 0 Å². The van der Waals surface area contributed by atoms with Crippen molar-refractivity contribution >= 4 is 12.1 Å². The van der Waals surface area contributed by atoms with Crippen molar-refractivity contribution in [2.75, 3.05) is 0 Å². The van der Waals surface area contributed by atoms with Crippen molar-refractivity contribution in [3.8, 4) is 5.75 Å². The van der Waals surface area contributed by atoms with E-state index in [9.17, 15) is 9.59 Å². The molecule has 1 saturated carbocycles. The van der Waals surface area contributed by atoms with Crippen molar-refractivity contribution < 1.29 is 23.8 Å². The van der Waals surface area contributed by atoms with Crippen LogP contribution in [0, 0.1) is 11.8 Å². The van der Waals surface area contributed by atoms with Crippen LogP contribution in [0.2, 0.25) is 0 Å². The lowest BCUT2D eigenvalue weighted by Crippen LogP contribution is -2.46. The molecule has 0 spiro atoms. The lowest BCUT2D eigenvalue weighted by atomic mass is 9.83. The standard InChI is InChI=1S/C26H39NO5/c1-18-23(31-21-14-6-5-7-15-21)20(17-19-11-8-9-12-19)13-10-16-22(24(28)30-18)27-25(29)32-26(2,3)4/h5-7,14-15,18-20,22-23H,8-13,16-17H2,1-4H3,(H,27,29)/t18-,20+,22-,23-/m0/s1. The Morgan fingerprint density at radius 3 is 2.41 bits per heavy atom. The van der Waals surface area contributed by atoms with E-state index in [1.807, 2.05) is 37.3 Å². The Hall–Kier alpha value is -2.24. The second-order valence-electron chi connectivity index (χ2n) is 10.3. The van der Waals surface area contributed by atoms with Gasteiger partial charge in [-0.15, -0.1) is 0 Å². The zero-order valence-corrected chi connectivity index (χ0v) is 20.0. The van der Waals surface area contributed by atoms with Gasteiger partial charge in [-0.2, -0.15) is 0 Å². The van der Waals surface area contributed by atoms with E-state index in [4.69, 9.17) is 14.2 Å². The summed E-state index contributed by atoms with van der Waals surface area (Å²) in [6.45, 7) is 7.31. The zero-order chi connectivity index (χ0) is 23.1. The number of carbonyl (C=O) groups is 2. The quantitative estimate of drug-likeness (QED) is 0.594. The first-order chi connectivity index (χ1) is 15.2. The van der Waals surface area contributed by atoms with Crippen LogP contribution in [0.15, 0.2) is 30.3 Å². The first kappa shape index (κ1) is 24.4. The molecule has 178 valence electrons. The molecule has 0 aromatic heterocycles. The minimum atomic E-state index is -0.713. The molecule has 1 saturated heterocycles. The highest BCUT2D eigenvalue weighted by Crippen LogP contribution is 2.36. The first-order valence-electron chi connectivity index (χ1n) is 12.1. The molecule has 1 N–H and O–H groups in total. The van der Waals surface area contributed by atoms with Gasteiger partial charge in [0.15, 0.2) is 0 Å². The highest BCUT2D eigenvalue weighted by atomic mass is 16.6. The number of amides is 1. The van der Waals surface area contributed by atoms with E-state index in [0.717, 1.165) is 25.0 Å².